The van der Waals surface area contributed by atoms with Crippen LogP contribution in [-0.2, 0) is 16.6 Å². The van der Waals surface area contributed by atoms with Crippen molar-refractivity contribution in [3.8, 4) is 0 Å². The molecule has 2 N–H and O–H groups in total. The second kappa shape index (κ2) is 5.69. The quantitative estimate of drug-likeness (QED) is 0.892. The average Bonchev–Trinajstić information content (AvgIpc) is 2.81. The van der Waals surface area contributed by atoms with Gasteiger partial charge in [0.1, 0.15) is 4.21 Å². The molecule has 1 fully saturated rings. The smallest absolute Gasteiger partial charge is 0.250 e. The van der Waals surface area contributed by atoms with Crippen LogP contribution in [0.2, 0.25) is 0 Å². The Balaban J connectivity index is 2.11. The van der Waals surface area contributed by atoms with Gasteiger partial charge in [0, 0.05) is 6.04 Å². The minimum Gasteiger partial charge on any atom is -0.392 e. The fraction of sp³-hybridized carbons (Fsp3) is 0.667. The fourth-order valence-electron chi connectivity index (χ4n) is 2.33. The maximum absolute atomic E-state index is 12.2. The summed E-state index contributed by atoms with van der Waals surface area (Å²) in [5.41, 5.74) is 0.650. The van der Waals surface area contributed by atoms with Crippen LogP contribution in [0.1, 0.15) is 38.2 Å². The van der Waals surface area contributed by atoms with Crippen LogP contribution in [0.15, 0.2) is 15.7 Å². The lowest BCUT2D eigenvalue weighted by Crippen LogP contribution is -2.40. The standard InChI is InChI=1S/C12H19NO3S2/c1-9-4-2-3-5-11(9)13-18(15,16)12-6-10(7-14)8-17-12/h6,8-9,11,13-14H,2-5,7H2,1H3. The van der Waals surface area contributed by atoms with E-state index >= 15 is 0 Å². The number of hydrogen-bond donors (Lipinski definition) is 2. The number of nitrogens with one attached hydrogen (secondary N) is 1. The lowest BCUT2D eigenvalue weighted by molar-refractivity contribution is 0.282. The number of sulfonamides is 1. The molecule has 1 saturated carbocycles. The lowest BCUT2D eigenvalue weighted by Gasteiger charge is -2.28. The van der Waals surface area contributed by atoms with E-state index < -0.39 is 10.0 Å². The SMILES string of the molecule is CC1CCCCC1NS(=O)(=O)c1cc(CO)cs1. The van der Waals surface area contributed by atoms with Crippen LogP contribution in [0.3, 0.4) is 0 Å². The van der Waals surface area contributed by atoms with Gasteiger partial charge in [-0.05, 0) is 35.8 Å². The summed E-state index contributed by atoms with van der Waals surface area (Å²) in [6.45, 7) is 1.98. The summed E-state index contributed by atoms with van der Waals surface area (Å²) in [7, 11) is -3.42. The van der Waals surface area contributed by atoms with Crippen LogP contribution in [0.5, 0.6) is 0 Å². The minimum absolute atomic E-state index is 0.0448. The molecule has 0 bridgehead atoms. The van der Waals surface area contributed by atoms with Gasteiger partial charge in [0.25, 0.3) is 0 Å². The summed E-state index contributed by atoms with van der Waals surface area (Å²) >= 11 is 1.16. The zero-order valence-corrected chi connectivity index (χ0v) is 12.1. The fourth-order valence-corrected chi connectivity index (χ4v) is 4.92. The third kappa shape index (κ3) is 3.12. The van der Waals surface area contributed by atoms with E-state index in [-0.39, 0.29) is 12.6 Å². The number of thiophene rings is 1. The maximum Gasteiger partial charge on any atom is 0.250 e. The van der Waals surface area contributed by atoms with Crippen molar-refractivity contribution < 1.29 is 13.5 Å². The molecule has 1 aliphatic rings. The van der Waals surface area contributed by atoms with Gasteiger partial charge < -0.3 is 5.11 Å². The van der Waals surface area contributed by atoms with Gasteiger partial charge in [-0.3, -0.25) is 0 Å². The van der Waals surface area contributed by atoms with Crippen LogP contribution < -0.4 is 4.72 Å². The summed E-state index contributed by atoms with van der Waals surface area (Å²) in [4.78, 5) is 0. The first-order valence-electron chi connectivity index (χ1n) is 6.23. The van der Waals surface area contributed by atoms with Crippen LogP contribution in [0, 0.1) is 5.92 Å². The third-order valence-corrected chi connectivity index (χ3v) is 6.47. The molecule has 0 spiro atoms. The lowest BCUT2D eigenvalue weighted by atomic mass is 9.87. The molecule has 102 valence electrons. The van der Waals surface area contributed by atoms with Crippen molar-refractivity contribution in [1.29, 1.82) is 0 Å². The molecule has 2 unspecified atom stereocenters. The Bertz CT molecular complexity index is 495. The van der Waals surface area contributed by atoms with Crippen molar-refractivity contribution in [2.75, 3.05) is 0 Å². The molecular weight excluding hydrogens is 270 g/mol. The monoisotopic (exact) mass is 289 g/mol. The van der Waals surface area contributed by atoms with Crippen LogP contribution >= 0.6 is 11.3 Å². The second-order valence-electron chi connectivity index (χ2n) is 4.92. The second-order valence-corrected chi connectivity index (χ2v) is 7.77. The highest BCUT2D eigenvalue weighted by molar-refractivity contribution is 7.91. The van der Waals surface area contributed by atoms with E-state index in [0.717, 1.165) is 30.6 Å². The van der Waals surface area contributed by atoms with Crippen molar-refractivity contribution in [1.82, 2.24) is 4.72 Å². The zero-order chi connectivity index (χ0) is 13.2. The normalized spacial score (nSPS) is 25.2. The Morgan fingerprint density at radius 1 is 1.44 bits per heavy atom. The molecule has 1 aromatic rings. The topological polar surface area (TPSA) is 66.4 Å². The number of aliphatic hydroxyl groups is 1. The average molecular weight is 289 g/mol. The van der Waals surface area contributed by atoms with Crippen LogP contribution in [0.25, 0.3) is 0 Å². The van der Waals surface area contributed by atoms with Gasteiger partial charge in [-0.2, -0.15) is 0 Å². The first-order chi connectivity index (χ1) is 8.53. The Kier molecular flexibility index (Phi) is 4.42. The Morgan fingerprint density at radius 2 is 2.17 bits per heavy atom. The van der Waals surface area contributed by atoms with E-state index in [9.17, 15) is 8.42 Å². The van der Waals surface area contributed by atoms with Crippen molar-refractivity contribution in [2.45, 2.75) is 49.5 Å². The van der Waals surface area contributed by atoms with Gasteiger partial charge in [0.15, 0.2) is 0 Å². The predicted molar refractivity (Wildman–Crippen MR) is 72.0 cm³/mol. The molecule has 0 aromatic carbocycles. The van der Waals surface area contributed by atoms with Crippen molar-refractivity contribution in [3.05, 3.63) is 17.0 Å². The highest BCUT2D eigenvalue weighted by atomic mass is 32.2. The first kappa shape index (κ1) is 14.0. The largest absolute Gasteiger partial charge is 0.392 e. The first-order valence-corrected chi connectivity index (χ1v) is 8.60. The zero-order valence-electron chi connectivity index (χ0n) is 10.4. The maximum atomic E-state index is 12.2. The molecule has 6 heteroatoms. The van der Waals surface area contributed by atoms with Crippen molar-refractivity contribution in [3.63, 3.8) is 0 Å². The third-order valence-electron chi connectivity index (χ3n) is 3.50. The van der Waals surface area contributed by atoms with Crippen molar-refractivity contribution >= 4 is 21.4 Å². The van der Waals surface area contributed by atoms with E-state index in [1.807, 2.05) is 0 Å². The van der Waals surface area contributed by atoms with E-state index in [0.29, 0.717) is 15.7 Å². The molecular formula is C12H19NO3S2. The molecule has 1 aromatic heterocycles. The summed E-state index contributed by atoms with van der Waals surface area (Å²) < 4.78 is 27.5. The highest BCUT2D eigenvalue weighted by Crippen LogP contribution is 2.27. The summed E-state index contributed by atoms with van der Waals surface area (Å²) in [5.74, 6) is 0.394. The van der Waals surface area contributed by atoms with E-state index in [2.05, 4.69) is 11.6 Å². The van der Waals surface area contributed by atoms with Gasteiger partial charge in [-0.15, -0.1) is 11.3 Å². The Labute approximate surface area is 112 Å². The molecule has 1 heterocycles. The molecule has 0 radical (unpaired) electrons. The molecule has 2 rings (SSSR count). The summed E-state index contributed by atoms with van der Waals surface area (Å²) in [5, 5.41) is 10.7. The van der Waals surface area contributed by atoms with E-state index in [4.69, 9.17) is 5.11 Å². The molecule has 4 nitrogen and oxygen atoms in total. The van der Waals surface area contributed by atoms with Gasteiger partial charge in [-0.25, -0.2) is 13.1 Å². The van der Waals surface area contributed by atoms with Crippen molar-refractivity contribution in [2.24, 2.45) is 5.92 Å². The minimum atomic E-state index is -3.42. The predicted octanol–water partition coefficient (Wildman–Crippen LogP) is 2.10. The number of hydrogen-bond acceptors (Lipinski definition) is 4. The molecule has 18 heavy (non-hydrogen) atoms. The Hall–Kier alpha value is -0.430. The summed E-state index contributed by atoms with van der Waals surface area (Å²) in [6, 6.07) is 1.59. The molecule has 2 atom stereocenters. The summed E-state index contributed by atoms with van der Waals surface area (Å²) in [6.07, 6.45) is 4.27. The Morgan fingerprint density at radius 3 is 2.78 bits per heavy atom. The van der Waals surface area contributed by atoms with Crippen LogP contribution in [-0.4, -0.2) is 19.6 Å². The van der Waals surface area contributed by atoms with Gasteiger partial charge in [0.2, 0.25) is 10.0 Å². The molecule has 0 saturated heterocycles. The highest BCUT2D eigenvalue weighted by Gasteiger charge is 2.27. The van der Waals surface area contributed by atoms with E-state index in [1.165, 1.54) is 6.42 Å². The van der Waals surface area contributed by atoms with Gasteiger partial charge >= 0.3 is 0 Å². The molecule has 1 aliphatic carbocycles. The van der Waals surface area contributed by atoms with Gasteiger partial charge in [-0.1, -0.05) is 19.8 Å². The molecule has 0 amide bonds. The van der Waals surface area contributed by atoms with Crippen LogP contribution in [0.4, 0.5) is 0 Å². The van der Waals surface area contributed by atoms with E-state index in [1.54, 1.807) is 11.4 Å². The number of aliphatic hydroxyl groups excluding tert-OH is 1. The molecule has 0 aliphatic heterocycles. The van der Waals surface area contributed by atoms with Gasteiger partial charge in [0.05, 0.1) is 6.61 Å². The number of rotatable bonds is 4.